The number of carbonyl (C=O) groups is 1. The maximum Gasteiger partial charge on any atom is 0.254 e. The minimum absolute atomic E-state index is 0.166. The van der Waals surface area contributed by atoms with Gasteiger partial charge >= 0.3 is 0 Å². The van der Waals surface area contributed by atoms with Crippen LogP contribution in [0.3, 0.4) is 0 Å². The number of aryl methyl sites for hydroxylation is 2. The molecule has 0 unspecified atom stereocenters. The Morgan fingerprint density at radius 3 is 2.82 bits per heavy atom. The molecule has 28 heavy (non-hydrogen) atoms. The fraction of sp³-hybridized carbons (Fsp3) is 0.333. The molecule has 1 saturated heterocycles. The lowest BCUT2D eigenvalue weighted by Gasteiger charge is -2.35. The Balaban J connectivity index is 1.70. The van der Waals surface area contributed by atoms with Crippen LogP contribution in [0.1, 0.15) is 52.9 Å². The maximum absolute atomic E-state index is 13.6. The molecule has 144 valence electrons. The molecule has 1 aliphatic rings. The topological polar surface area (TPSA) is 74.8 Å². The highest BCUT2D eigenvalue weighted by Gasteiger charge is 2.30. The van der Waals surface area contributed by atoms with Crippen LogP contribution >= 0.6 is 0 Å². The molecule has 3 heterocycles. The first-order chi connectivity index (χ1) is 13.5. The lowest BCUT2D eigenvalue weighted by molar-refractivity contribution is 0.0605. The summed E-state index contributed by atoms with van der Waals surface area (Å²) in [4.78, 5) is 31.5. The van der Waals surface area contributed by atoms with Gasteiger partial charge in [-0.2, -0.15) is 0 Å². The quantitative estimate of drug-likeness (QED) is 0.747. The molecule has 1 fully saturated rings. The number of halogens is 1. The van der Waals surface area contributed by atoms with Crippen LogP contribution in [-0.4, -0.2) is 37.3 Å². The van der Waals surface area contributed by atoms with Crippen LogP contribution in [0, 0.1) is 19.7 Å². The SMILES string of the molecule is Cc1nc(-c2ncc(C)[nH]2)cc([C@@H]2CCCCN2C(=O)c2cccc(F)c2)n1. The highest BCUT2D eigenvalue weighted by atomic mass is 19.1. The van der Waals surface area contributed by atoms with Gasteiger partial charge in [0.1, 0.15) is 17.3 Å². The van der Waals surface area contributed by atoms with Crippen molar-refractivity contribution in [1.82, 2.24) is 24.8 Å². The Labute approximate surface area is 162 Å². The predicted molar refractivity (Wildman–Crippen MR) is 103 cm³/mol. The number of carbonyl (C=O) groups excluding carboxylic acids is 1. The summed E-state index contributed by atoms with van der Waals surface area (Å²) in [5.41, 5.74) is 2.81. The minimum atomic E-state index is -0.409. The first kappa shape index (κ1) is 18.3. The highest BCUT2D eigenvalue weighted by molar-refractivity contribution is 5.94. The van der Waals surface area contributed by atoms with E-state index < -0.39 is 5.82 Å². The number of nitrogens with one attached hydrogen (secondary N) is 1. The maximum atomic E-state index is 13.6. The molecule has 4 rings (SSSR count). The van der Waals surface area contributed by atoms with E-state index in [1.807, 2.05) is 19.9 Å². The van der Waals surface area contributed by atoms with Crippen LogP contribution in [0.5, 0.6) is 0 Å². The average Bonchev–Trinajstić information content (AvgIpc) is 3.13. The molecule has 1 atom stereocenters. The first-order valence-corrected chi connectivity index (χ1v) is 9.45. The van der Waals surface area contributed by atoms with Crippen molar-refractivity contribution in [2.75, 3.05) is 6.54 Å². The number of hydrogen-bond acceptors (Lipinski definition) is 4. The van der Waals surface area contributed by atoms with Gasteiger partial charge in [-0.25, -0.2) is 19.3 Å². The summed E-state index contributed by atoms with van der Waals surface area (Å²) in [7, 11) is 0. The smallest absolute Gasteiger partial charge is 0.254 e. The summed E-state index contributed by atoms with van der Waals surface area (Å²) in [6.07, 6.45) is 4.50. The standard InChI is InChI=1S/C21H22FN5O/c1-13-12-23-20(24-13)18-11-17(25-14(2)26-18)19-8-3-4-9-27(19)21(28)15-6-5-7-16(22)10-15/h5-7,10-12,19H,3-4,8-9H2,1-2H3,(H,23,24)/t19-/m0/s1. The molecule has 1 amide bonds. The summed E-state index contributed by atoms with van der Waals surface area (Å²) in [6, 6.07) is 7.58. The first-order valence-electron chi connectivity index (χ1n) is 9.45. The Hall–Kier alpha value is -3.09. The fourth-order valence-corrected chi connectivity index (χ4v) is 3.70. The van der Waals surface area contributed by atoms with E-state index in [1.54, 1.807) is 23.2 Å². The van der Waals surface area contributed by atoms with Crippen molar-refractivity contribution in [2.24, 2.45) is 0 Å². The third-order valence-corrected chi connectivity index (χ3v) is 4.98. The fourth-order valence-electron chi connectivity index (χ4n) is 3.70. The molecule has 1 aliphatic heterocycles. The Morgan fingerprint density at radius 2 is 2.07 bits per heavy atom. The van der Waals surface area contributed by atoms with Gasteiger partial charge in [-0.1, -0.05) is 6.07 Å². The zero-order valence-electron chi connectivity index (χ0n) is 15.9. The number of aromatic amines is 1. The molecule has 1 aromatic carbocycles. The van der Waals surface area contributed by atoms with Gasteiger partial charge in [0.2, 0.25) is 0 Å². The molecule has 0 aliphatic carbocycles. The number of H-pyrrole nitrogens is 1. The van der Waals surface area contributed by atoms with Crippen molar-refractivity contribution in [3.8, 4) is 11.5 Å². The number of aromatic nitrogens is 4. The van der Waals surface area contributed by atoms with Crippen LogP contribution in [0.15, 0.2) is 36.5 Å². The lowest BCUT2D eigenvalue weighted by atomic mass is 9.97. The summed E-state index contributed by atoms with van der Waals surface area (Å²) >= 11 is 0. The van der Waals surface area contributed by atoms with Crippen LogP contribution in [0.2, 0.25) is 0 Å². The van der Waals surface area contributed by atoms with Crippen molar-refractivity contribution >= 4 is 5.91 Å². The van der Waals surface area contributed by atoms with E-state index in [-0.39, 0.29) is 11.9 Å². The van der Waals surface area contributed by atoms with Crippen molar-refractivity contribution in [1.29, 1.82) is 0 Å². The Kier molecular flexibility index (Phi) is 4.90. The second kappa shape index (κ2) is 7.50. The number of amides is 1. The van der Waals surface area contributed by atoms with Gasteiger partial charge in [0.05, 0.1) is 11.7 Å². The number of hydrogen-bond donors (Lipinski definition) is 1. The zero-order valence-corrected chi connectivity index (χ0v) is 15.9. The van der Waals surface area contributed by atoms with E-state index in [0.29, 0.717) is 29.5 Å². The molecule has 0 saturated carbocycles. The van der Waals surface area contributed by atoms with Crippen LogP contribution < -0.4 is 0 Å². The van der Waals surface area contributed by atoms with E-state index in [0.717, 1.165) is 30.7 Å². The molecule has 7 heteroatoms. The normalized spacial score (nSPS) is 17.0. The lowest BCUT2D eigenvalue weighted by Crippen LogP contribution is -2.39. The number of imidazole rings is 1. The van der Waals surface area contributed by atoms with E-state index in [2.05, 4.69) is 19.9 Å². The highest BCUT2D eigenvalue weighted by Crippen LogP contribution is 2.32. The van der Waals surface area contributed by atoms with Gasteiger partial charge in [-0.15, -0.1) is 0 Å². The molecule has 0 spiro atoms. The molecule has 1 N–H and O–H groups in total. The minimum Gasteiger partial charge on any atom is -0.341 e. The van der Waals surface area contributed by atoms with E-state index >= 15 is 0 Å². The van der Waals surface area contributed by atoms with Gasteiger partial charge in [0.25, 0.3) is 5.91 Å². The van der Waals surface area contributed by atoms with Gasteiger partial charge in [0.15, 0.2) is 5.82 Å². The van der Waals surface area contributed by atoms with Crippen molar-refractivity contribution < 1.29 is 9.18 Å². The van der Waals surface area contributed by atoms with Crippen LogP contribution in [0.4, 0.5) is 4.39 Å². The summed E-state index contributed by atoms with van der Waals surface area (Å²) in [6.45, 7) is 4.40. The van der Waals surface area contributed by atoms with E-state index in [1.165, 1.54) is 12.1 Å². The molecule has 2 aromatic heterocycles. The van der Waals surface area contributed by atoms with E-state index in [4.69, 9.17) is 0 Å². The molecule has 0 bridgehead atoms. The molecular weight excluding hydrogens is 357 g/mol. The third kappa shape index (κ3) is 3.65. The molecular formula is C21H22FN5O. The van der Waals surface area contributed by atoms with E-state index in [9.17, 15) is 9.18 Å². The van der Waals surface area contributed by atoms with Crippen molar-refractivity contribution in [3.05, 3.63) is 65.1 Å². The van der Waals surface area contributed by atoms with Crippen molar-refractivity contribution in [2.45, 2.75) is 39.2 Å². The summed E-state index contributed by atoms with van der Waals surface area (Å²) in [5.74, 6) is 0.733. The number of rotatable bonds is 3. The second-order valence-corrected chi connectivity index (χ2v) is 7.16. The Bertz CT molecular complexity index is 1020. The van der Waals surface area contributed by atoms with Gasteiger partial charge in [0, 0.05) is 24.0 Å². The van der Waals surface area contributed by atoms with Crippen molar-refractivity contribution in [3.63, 3.8) is 0 Å². The molecule has 0 radical (unpaired) electrons. The van der Waals surface area contributed by atoms with Gasteiger partial charge < -0.3 is 9.88 Å². The summed E-state index contributed by atoms with van der Waals surface area (Å²) in [5, 5.41) is 0. The molecule has 3 aromatic rings. The second-order valence-electron chi connectivity index (χ2n) is 7.16. The van der Waals surface area contributed by atoms with Gasteiger partial charge in [-0.05, 0) is 57.4 Å². The average molecular weight is 379 g/mol. The largest absolute Gasteiger partial charge is 0.341 e. The number of benzene rings is 1. The van der Waals surface area contributed by atoms with Crippen LogP contribution in [0.25, 0.3) is 11.5 Å². The number of piperidine rings is 1. The summed E-state index contributed by atoms with van der Waals surface area (Å²) < 4.78 is 13.6. The number of nitrogens with zero attached hydrogens (tertiary/aromatic N) is 4. The number of likely N-dealkylation sites (tertiary alicyclic amines) is 1. The monoisotopic (exact) mass is 379 g/mol. The van der Waals surface area contributed by atoms with Crippen LogP contribution in [-0.2, 0) is 0 Å². The Morgan fingerprint density at radius 1 is 1.21 bits per heavy atom. The zero-order chi connectivity index (χ0) is 19.7. The van der Waals surface area contributed by atoms with Gasteiger partial charge in [-0.3, -0.25) is 4.79 Å². The third-order valence-electron chi connectivity index (χ3n) is 4.98. The molecule has 6 nitrogen and oxygen atoms in total. The predicted octanol–water partition coefficient (Wildman–Crippen LogP) is 3.99.